The molecule has 5 nitrogen and oxygen atoms in total. The van der Waals surface area contributed by atoms with E-state index >= 15 is 0 Å². The average Bonchev–Trinajstić information content (AvgIpc) is 4.10. The molecule has 0 bridgehead atoms. The monoisotopic (exact) mass is 896 g/mol. The zero-order valence-corrected chi connectivity index (χ0v) is 37.7. The standard InChI is InChI=1S/C63H36N4OS/c1-2-11-37(12-3-1)38-21-23-41(24-22-38)61-64-62(44-28-32-57-52(34-44)47-17-8-9-20-56(47)69-57)66-63(65-61)49-18-10-19-54-58(49)59-50-36-45(29-25-40(50)27-31-55(59)68-54)67-53-35-43-15-5-4-14-42(43)33-51(53)48-30-26-39-13-6-7-16-46(39)60(48)67/h1-36H. The van der Waals surface area contributed by atoms with Gasteiger partial charge in [-0.2, -0.15) is 0 Å². The SMILES string of the molecule is c1ccc(-c2ccc(-c3nc(-c4ccc5sc6ccccc6c5c4)nc(-c4cccc5oc6ccc7ccc(-n8c9cc%10ccccc%10cc9c9ccc%10ccccc%10c98)cc7c6c45)n3)cc2)cc1. The summed E-state index contributed by atoms with van der Waals surface area (Å²) in [7, 11) is 0. The van der Waals surface area contributed by atoms with Crippen molar-refractivity contribution in [3.63, 3.8) is 0 Å². The van der Waals surface area contributed by atoms with Gasteiger partial charge < -0.3 is 8.98 Å². The quantitative estimate of drug-likeness (QED) is 0.173. The van der Waals surface area contributed by atoms with Crippen molar-refractivity contribution >= 4 is 108 Å². The first-order chi connectivity index (χ1) is 34.2. The van der Waals surface area contributed by atoms with Gasteiger partial charge in [0.05, 0.1) is 11.0 Å². The van der Waals surface area contributed by atoms with E-state index in [9.17, 15) is 0 Å². The fourth-order valence-electron chi connectivity index (χ4n) is 10.7. The number of nitrogens with zero attached hydrogens (tertiary/aromatic N) is 4. The van der Waals surface area contributed by atoms with Crippen LogP contribution in [0.15, 0.2) is 223 Å². The van der Waals surface area contributed by atoms with Crippen molar-refractivity contribution in [2.45, 2.75) is 0 Å². The zero-order valence-electron chi connectivity index (χ0n) is 36.9. The summed E-state index contributed by atoms with van der Waals surface area (Å²) in [5.74, 6) is 1.80. The third-order valence-electron chi connectivity index (χ3n) is 14.0. The van der Waals surface area contributed by atoms with Crippen LogP contribution in [0.3, 0.4) is 0 Å². The van der Waals surface area contributed by atoms with Crippen LogP contribution in [-0.4, -0.2) is 19.5 Å². The highest BCUT2D eigenvalue weighted by atomic mass is 32.1. The van der Waals surface area contributed by atoms with Gasteiger partial charge in [-0.25, -0.2) is 15.0 Å². The highest BCUT2D eigenvalue weighted by Gasteiger charge is 2.22. The third kappa shape index (κ3) is 5.92. The third-order valence-corrected chi connectivity index (χ3v) is 15.2. The van der Waals surface area contributed by atoms with Gasteiger partial charge in [-0.1, -0.05) is 158 Å². The van der Waals surface area contributed by atoms with Gasteiger partial charge in [0.1, 0.15) is 11.2 Å². The topological polar surface area (TPSA) is 56.7 Å². The van der Waals surface area contributed by atoms with Gasteiger partial charge in [-0.15, -0.1) is 11.3 Å². The van der Waals surface area contributed by atoms with Crippen molar-refractivity contribution in [3.05, 3.63) is 218 Å². The molecule has 0 atom stereocenters. The Balaban J connectivity index is 0.975. The number of furan rings is 1. The minimum atomic E-state index is 0.583. The number of benzene rings is 11. The van der Waals surface area contributed by atoms with E-state index in [2.05, 4.69) is 211 Å². The van der Waals surface area contributed by atoms with E-state index in [0.717, 1.165) is 66.2 Å². The molecule has 4 heterocycles. The van der Waals surface area contributed by atoms with E-state index in [4.69, 9.17) is 19.4 Å². The van der Waals surface area contributed by atoms with Crippen LogP contribution >= 0.6 is 11.3 Å². The smallest absolute Gasteiger partial charge is 0.164 e. The number of hydrogen-bond acceptors (Lipinski definition) is 5. The van der Waals surface area contributed by atoms with Crippen molar-refractivity contribution in [3.8, 4) is 51.0 Å². The molecule has 0 saturated carbocycles. The summed E-state index contributed by atoms with van der Waals surface area (Å²) in [5, 5.41) is 13.9. The number of fused-ring (bicyclic) bond motifs is 14. The van der Waals surface area contributed by atoms with Crippen molar-refractivity contribution in [1.29, 1.82) is 0 Å². The van der Waals surface area contributed by atoms with Crippen molar-refractivity contribution < 1.29 is 4.42 Å². The maximum Gasteiger partial charge on any atom is 0.164 e. The lowest BCUT2D eigenvalue weighted by atomic mass is 9.99. The van der Waals surface area contributed by atoms with E-state index in [1.165, 1.54) is 63.5 Å². The molecular formula is C63H36N4OS. The molecule has 320 valence electrons. The van der Waals surface area contributed by atoms with Crippen molar-refractivity contribution in [2.24, 2.45) is 0 Å². The van der Waals surface area contributed by atoms with E-state index in [-0.39, 0.29) is 0 Å². The molecule has 0 saturated heterocycles. The van der Waals surface area contributed by atoms with Crippen LogP contribution in [0.5, 0.6) is 0 Å². The number of rotatable bonds is 5. The summed E-state index contributed by atoms with van der Waals surface area (Å²) in [6.45, 7) is 0. The number of aromatic nitrogens is 4. The molecule has 0 N–H and O–H groups in total. The van der Waals surface area contributed by atoms with Gasteiger partial charge in [0.15, 0.2) is 17.5 Å². The maximum absolute atomic E-state index is 6.79. The second-order valence-corrected chi connectivity index (χ2v) is 19.0. The Hall–Kier alpha value is -8.97. The lowest BCUT2D eigenvalue weighted by Crippen LogP contribution is -2.00. The second-order valence-electron chi connectivity index (χ2n) is 17.9. The van der Waals surface area contributed by atoms with Gasteiger partial charge in [-0.05, 0) is 98.7 Å². The number of thiophene rings is 1. The Labute approximate surface area is 398 Å². The van der Waals surface area contributed by atoms with Crippen LogP contribution in [0.1, 0.15) is 0 Å². The first-order valence-electron chi connectivity index (χ1n) is 23.2. The average molecular weight is 897 g/mol. The highest BCUT2D eigenvalue weighted by molar-refractivity contribution is 7.25. The Bertz CT molecular complexity index is 4600. The fourth-order valence-corrected chi connectivity index (χ4v) is 11.8. The van der Waals surface area contributed by atoms with Gasteiger partial charge in [-0.3, -0.25) is 0 Å². The van der Waals surface area contributed by atoms with E-state index in [1.54, 1.807) is 11.3 Å². The lowest BCUT2D eigenvalue weighted by molar-refractivity contribution is 0.669. The normalized spacial score (nSPS) is 12.1. The van der Waals surface area contributed by atoms with Gasteiger partial charge in [0, 0.05) is 69.5 Å². The summed E-state index contributed by atoms with van der Waals surface area (Å²) in [5.41, 5.74) is 10.0. The summed E-state index contributed by atoms with van der Waals surface area (Å²) in [6, 6.07) is 78.1. The maximum atomic E-state index is 6.79. The van der Waals surface area contributed by atoms with Crippen LogP contribution in [0.25, 0.3) is 147 Å². The van der Waals surface area contributed by atoms with E-state index in [0.29, 0.717) is 17.5 Å². The molecule has 0 amide bonds. The van der Waals surface area contributed by atoms with Crippen LogP contribution in [0.2, 0.25) is 0 Å². The summed E-state index contributed by atoms with van der Waals surface area (Å²) < 4.78 is 11.7. The molecule has 0 aliphatic heterocycles. The predicted molar refractivity (Wildman–Crippen MR) is 289 cm³/mol. The van der Waals surface area contributed by atoms with Crippen molar-refractivity contribution in [2.75, 3.05) is 0 Å². The molecule has 69 heavy (non-hydrogen) atoms. The molecule has 0 radical (unpaired) electrons. The zero-order chi connectivity index (χ0) is 45.2. The minimum absolute atomic E-state index is 0.583. The largest absolute Gasteiger partial charge is 0.456 e. The molecule has 6 heteroatoms. The lowest BCUT2D eigenvalue weighted by Gasteiger charge is -2.12. The minimum Gasteiger partial charge on any atom is -0.456 e. The van der Waals surface area contributed by atoms with Gasteiger partial charge in [0.25, 0.3) is 0 Å². The number of hydrogen-bond donors (Lipinski definition) is 0. The Morgan fingerprint density at radius 3 is 1.86 bits per heavy atom. The summed E-state index contributed by atoms with van der Waals surface area (Å²) in [4.78, 5) is 15.9. The first-order valence-corrected chi connectivity index (χ1v) is 24.1. The molecular weight excluding hydrogens is 861 g/mol. The van der Waals surface area contributed by atoms with Gasteiger partial charge >= 0.3 is 0 Å². The first kappa shape index (κ1) is 38.2. The predicted octanol–water partition coefficient (Wildman–Crippen LogP) is 17.4. The van der Waals surface area contributed by atoms with E-state index < -0.39 is 0 Å². The van der Waals surface area contributed by atoms with Crippen LogP contribution in [0.4, 0.5) is 0 Å². The summed E-state index contributed by atoms with van der Waals surface area (Å²) in [6.07, 6.45) is 0. The Morgan fingerprint density at radius 2 is 0.986 bits per heavy atom. The highest BCUT2D eigenvalue weighted by Crippen LogP contribution is 2.44. The molecule has 15 aromatic rings. The molecule has 0 unspecified atom stereocenters. The van der Waals surface area contributed by atoms with Crippen LogP contribution in [0, 0.1) is 0 Å². The van der Waals surface area contributed by atoms with Gasteiger partial charge in [0.2, 0.25) is 0 Å². The molecule has 11 aromatic carbocycles. The summed E-state index contributed by atoms with van der Waals surface area (Å²) >= 11 is 1.81. The second kappa shape index (κ2) is 14.8. The molecule has 15 rings (SSSR count). The fraction of sp³-hybridized carbons (Fsp3) is 0. The van der Waals surface area contributed by atoms with E-state index in [1.807, 2.05) is 12.1 Å². The van der Waals surface area contributed by atoms with Crippen LogP contribution < -0.4 is 0 Å². The molecule has 0 aliphatic carbocycles. The van der Waals surface area contributed by atoms with Crippen molar-refractivity contribution in [1.82, 2.24) is 19.5 Å². The Morgan fingerprint density at radius 1 is 0.348 bits per heavy atom. The molecule has 0 fully saturated rings. The Kier molecular flexibility index (Phi) is 8.17. The molecule has 4 aromatic heterocycles. The molecule has 0 spiro atoms. The van der Waals surface area contributed by atoms with Crippen LogP contribution in [-0.2, 0) is 0 Å². The molecule has 0 aliphatic rings.